The summed E-state index contributed by atoms with van der Waals surface area (Å²) in [5.74, 6) is 0. The number of hydrogen-bond acceptors (Lipinski definition) is 8. The molecule has 0 N–H and O–H groups in total. The van der Waals surface area contributed by atoms with Gasteiger partial charge in [-0.15, -0.1) is 0 Å². The van der Waals surface area contributed by atoms with Crippen molar-refractivity contribution in [2.75, 3.05) is 0 Å². The van der Waals surface area contributed by atoms with Crippen LogP contribution in [0.3, 0.4) is 0 Å². The summed E-state index contributed by atoms with van der Waals surface area (Å²) in [5.41, 5.74) is 0. The summed E-state index contributed by atoms with van der Waals surface area (Å²) >= 11 is -11.2. The Balaban J connectivity index is -0.000000107. The normalized spacial score (nSPS) is 10.9. The summed E-state index contributed by atoms with van der Waals surface area (Å²) in [7, 11) is 0. The van der Waals surface area contributed by atoms with E-state index >= 15 is 0 Å². The molecule has 11 heavy (non-hydrogen) atoms. The van der Waals surface area contributed by atoms with Gasteiger partial charge in [-0.05, 0) is 0 Å². The van der Waals surface area contributed by atoms with Crippen LogP contribution in [0.2, 0.25) is 0 Å². The van der Waals surface area contributed by atoms with Crippen LogP contribution in [-0.2, 0) is 19.5 Å². The molecule has 0 rings (SSSR count). The van der Waals surface area contributed by atoms with Gasteiger partial charge < -0.3 is 0 Å². The Morgan fingerprint density at radius 2 is 0.455 bits per heavy atom. The molecule has 0 bridgehead atoms. The average Bonchev–Trinajstić information content (AvgIpc) is 1.12. The maximum Gasteiger partial charge on any atom is 2.00 e. The van der Waals surface area contributed by atoms with Gasteiger partial charge in [0.2, 0.25) is 0 Å². The molecule has 0 aromatic rings. The Morgan fingerprint density at radius 3 is 0.455 bits per heavy atom. The topological polar surface area (TPSA) is 184 Å². The molecular weight excluding hydrogens is 353 g/mol. The third-order valence-corrected chi connectivity index (χ3v) is 0. The molecule has 0 saturated heterocycles. The third-order valence-electron chi connectivity index (χ3n) is 0. The zero-order valence-corrected chi connectivity index (χ0v) is 10.9. The second-order valence-corrected chi connectivity index (χ2v) is 3.93. The van der Waals surface area contributed by atoms with Gasteiger partial charge >= 0.3 is 19.5 Å². The maximum atomic E-state index is 8.58. The average molecular weight is 353 g/mol. The molecule has 0 aliphatic heterocycles. The van der Waals surface area contributed by atoms with E-state index in [-0.39, 0.29) is 19.5 Å². The zero-order valence-electron chi connectivity index (χ0n) is 4.73. The first-order valence-corrected chi connectivity index (χ1v) is 6.41. The van der Waals surface area contributed by atoms with Crippen LogP contribution >= 0.6 is 0 Å². The first-order valence-electron chi connectivity index (χ1n) is 1.23. The van der Waals surface area contributed by atoms with Crippen molar-refractivity contribution in [3.8, 4) is 0 Å². The van der Waals surface area contributed by atoms with Crippen LogP contribution in [0, 0.1) is 28.2 Å². The molecule has 64 valence electrons. The Bertz CT molecular complexity index is 55.1. The minimum Gasteiger partial charge on any atom is -0.264 e. The van der Waals surface area contributed by atoms with Crippen molar-refractivity contribution < 1.29 is 81.2 Å². The van der Waals surface area contributed by atoms with Crippen molar-refractivity contribution in [2.24, 2.45) is 0 Å². The minimum atomic E-state index is -5.62. The fourth-order valence-electron chi connectivity index (χ4n) is 0. The first kappa shape index (κ1) is 18.1. The van der Waals surface area contributed by atoms with E-state index in [0.29, 0.717) is 0 Å². The molecule has 0 heterocycles. The second kappa shape index (κ2) is 6.74. The molecular formula is Br2O8Zn. The van der Waals surface area contributed by atoms with E-state index < -0.39 is 28.2 Å². The summed E-state index contributed by atoms with van der Waals surface area (Å²) in [6.07, 6.45) is 0. The molecule has 0 atom stereocenters. The van der Waals surface area contributed by atoms with Crippen molar-refractivity contribution in [2.45, 2.75) is 0 Å². The van der Waals surface area contributed by atoms with Gasteiger partial charge in [-0.25, -0.2) is 0 Å². The van der Waals surface area contributed by atoms with Crippen LogP contribution in [0.1, 0.15) is 0 Å². The van der Waals surface area contributed by atoms with E-state index in [1.165, 1.54) is 0 Å². The van der Waals surface area contributed by atoms with Crippen LogP contribution in [0.25, 0.3) is 0 Å². The summed E-state index contributed by atoms with van der Waals surface area (Å²) in [4.78, 5) is 0. The number of hydrogen-bond donors (Lipinski definition) is 0. The summed E-state index contributed by atoms with van der Waals surface area (Å²) in [5, 5.41) is 0. The SMILES string of the molecule is [O-][Br+3]([O-])([O-])[O-].[O-][Br+3]([O-])([O-])[O-].[Zn+2]. The van der Waals surface area contributed by atoms with E-state index in [1.807, 2.05) is 0 Å². The molecule has 0 fully saturated rings. The zero-order chi connectivity index (χ0) is 9.00. The standard InChI is InChI=1S/2BrO4.Zn/c2*2-1(3,4)5;/q2*-1;+2. The molecule has 0 radical (unpaired) electrons. The van der Waals surface area contributed by atoms with E-state index in [0.717, 1.165) is 0 Å². The minimum absolute atomic E-state index is 0. The van der Waals surface area contributed by atoms with E-state index in [1.54, 1.807) is 0 Å². The molecule has 0 unspecified atom stereocenters. The fourth-order valence-corrected chi connectivity index (χ4v) is 0. The Morgan fingerprint density at radius 1 is 0.455 bits per heavy atom. The van der Waals surface area contributed by atoms with Crippen molar-refractivity contribution in [3.63, 3.8) is 0 Å². The fraction of sp³-hybridized carbons (Fsp3) is 0. The molecule has 0 aromatic heterocycles. The molecule has 0 saturated carbocycles. The molecule has 8 nitrogen and oxygen atoms in total. The van der Waals surface area contributed by atoms with Crippen molar-refractivity contribution in [1.29, 1.82) is 0 Å². The summed E-state index contributed by atoms with van der Waals surface area (Å²) < 4.78 is 68.6. The van der Waals surface area contributed by atoms with E-state index in [9.17, 15) is 0 Å². The van der Waals surface area contributed by atoms with Gasteiger partial charge in [-0.3, -0.25) is 33.6 Å². The van der Waals surface area contributed by atoms with Crippen molar-refractivity contribution in [3.05, 3.63) is 0 Å². The van der Waals surface area contributed by atoms with Crippen molar-refractivity contribution in [1.82, 2.24) is 0 Å². The predicted molar refractivity (Wildman–Crippen MR) is 0 cm³/mol. The van der Waals surface area contributed by atoms with E-state index in [4.69, 9.17) is 33.6 Å². The van der Waals surface area contributed by atoms with Gasteiger partial charge in [0.15, 0.2) is 0 Å². The molecule has 0 aliphatic carbocycles. The first-order chi connectivity index (χ1) is 4.00. The van der Waals surface area contributed by atoms with Crippen LogP contribution in [0.5, 0.6) is 0 Å². The van der Waals surface area contributed by atoms with Gasteiger partial charge in [0.1, 0.15) is 0 Å². The Labute approximate surface area is 81.1 Å². The van der Waals surface area contributed by atoms with Gasteiger partial charge in [-0.1, -0.05) is 0 Å². The molecule has 0 amide bonds. The van der Waals surface area contributed by atoms with Crippen LogP contribution in [0.15, 0.2) is 0 Å². The maximum absolute atomic E-state index is 8.58. The third kappa shape index (κ3) is 606. The van der Waals surface area contributed by atoms with Crippen LogP contribution in [-0.4, -0.2) is 0 Å². The van der Waals surface area contributed by atoms with Crippen molar-refractivity contribution >= 4 is 0 Å². The predicted octanol–water partition coefficient (Wildman–Crippen LogP) is -9.51. The van der Waals surface area contributed by atoms with Gasteiger partial charge in [0.25, 0.3) is 0 Å². The van der Waals surface area contributed by atoms with Crippen LogP contribution in [0.4, 0.5) is 0 Å². The van der Waals surface area contributed by atoms with E-state index in [2.05, 4.69) is 0 Å². The van der Waals surface area contributed by atoms with Gasteiger partial charge in [0, 0.05) is 0 Å². The summed E-state index contributed by atoms with van der Waals surface area (Å²) in [6.45, 7) is 0. The summed E-state index contributed by atoms with van der Waals surface area (Å²) in [6, 6.07) is 0. The molecule has 0 spiro atoms. The molecule has 0 aliphatic rings. The number of halogens is 2. The monoisotopic (exact) mass is 350 g/mol. The van der Waals surface area contributed by atoms with Gasteiger partial charge in [0.05, 0.1) is 28.2 Å². The number of rotatable bonds is 0. The van der Waals surface area contributed by atoms with Gasteiger partial charge in [-0.2, -0.15) is 0 Å². The second-order valence-electron chi connectivity index (χ2n) is 0.756. The largest absolute Gasteiger partial charge is 2.00 e. The van der Waals surface area contributed by atoms with Crippen LogP contribution < -0.4 is 33.6 Å². The Kier molecular flexibility index (Phi) is 11.1. The molecule has 0 aromatic carbocycles. The smallest absolute Gasteiger partial charge is 0.264 e. The molecule has 11 heteroatoms. The quantitative estimate of drug-likeness (QED) is 0.384. The Hall–Kier alpha value is 1.26.